The van der Waals surface area contributed by atoms with Gasteiger partial charge in [0.2, 0.25) is 11.8 Å². The van der Waals surface area contributed by atoms with Crippen LogP contribution in [0.1, 0.15) is 17.3 Å². The molecule has 2 rings (SSSR count). The van der Waals surface area contributed by atoms with Crippen molar-refractivity contribution in [2.75, 3.05) is 44.4 Å². The first kappa shape index (κ1) is 21.9. The van der Waals surface area contributed by atoms with E-state index in [0.29, 0.717) is 29.2 Å². The van der Waals surface area contributed by atoms with Gasteiger partial charge < -0.3 is 20.7 Å². The molecule has 0 saturated carbocycles. The van der Waals surface area contributed by atoms with Crippen molar-refractivity contribution >= 4 is 29.1 Å². The lowest BCUT2D eigenvalue weighted by atomic mass is 10.2. The van der Waals surface area contributed by atoms with E-state index in [-0.39, 0.29) is 30.8 Å². The summed E-state index contributed by atoms with van der Waals surface area (Å²) in [5.74, 6) is 0.0673. The molecule has 8 nitrogen and oxygen atoms in total. The molecule has 2 aromatic carbocycles. The maximum absolute atomic E-state index is 12.3. The third-order valence-corrected chi connectivity index (χ3v) is 4.21. The minimum absolute atomic E-state index is 0.0731. The van der Waals surface area contributed by atoms with Gasteiger partial charge in [-0.2, -0.15) is 0 Å². The Morgan fingerprint density at radius 1 is 0.862 bits per heavy atom. The van der Waals surface area contributed by atoms with E-state index in [1.165, 1.54) is 0 Å². The van der Waals surface area contributed by atoms with Gasteiger partial charge in [-0.05, 0) is 55.1 Å². The number of ether oxygens (including phenoxy) is 1. The van der Waals surface area contributed by atoms with E-state index in [4.69, 9.17) is 4.74 Å². The number of methoxy groups -OCH3 is 1. The smallest absolute Gasteiger partial charge is 0.251 e. The normalized spacial score (nSPS) is 10.3. The number of carbonyl (C=O) groups is 3. The zero-order valence-electron chi connectivity index (χ0n) is 16.8. The summed E-state index contributed by atoms with van der Waals surface area (Å²) in [6, 6.07) is 13.6. The largest absolute Gasteiger partial charge is 0.497 e. The maximum Gasteiger partial charge on any atom is 0.251 e. The molecule has 0 atom stereocenters. The highest BCUT2D eigenvalue weighted by atomic mass is 16.5. The molecule has 0 bridgehead atoms. The van der Waals surface area contributed by atoms with Gasteiger partial charge >= 0.3 is 0 Å². The SMILES string of the molecule is CCN(CC(=O)Nc1ccc(OC)cc1)CC(=O)Nc1ccc(C(=O)NC)cc1. The first-order chi connectivity index (χ1) is 13.9. The van der Waals surface area contributed by atoms with E-state index in [1.807, 2.05) is 6.92 Å². The van der Waals surface area contributed by atoms with E-state index < -0.39 is 0 Å². The molecule has 3 N–H and O–H groups in total. The Labute approximate surface area is 170 Å². The molecule has 2 aromatic rings. The molecular weight excluding hydrogens is 372 g/mol. The standard InChI is InChI=1S/C21H26N4O4/c1-4-25(14-20(27)24-17-9-11-18(29-3)12-10-17)13-19(26)23-16-7-5-15(6-8-16)21(28)22-2/h5-12H,4,13-14H2,1-3H3,(H,22,28)(H,23,26)(H,24,27). The van der Waals surface area contributed by atoms with Crippen LogP contribution in [-0.2, 0) is 9.59 Å². The van der Waals surface area contributed by atoms with Crippen LogP contribution in [0.25, 0.3) is 0 Å². The highest BCUT2D eigenvalue weighted by molar-refractivity contribution is 5.96. The Balaban J connectivity index is 1.85. The highest BCUT2D eigenvalue weighted by Crippen LogP contribution is 2.15. The van der Waals surface area contributed by atoms with Crippen LogP contribution in [0.5, 0.6) is 5.75 Å². The Morgan fingerprint density at radius 2 is 1.34 bits per heavy atom. The van der Waals surface area contributed by atoms with Crippen molar-refractivity contribution in [2.24, 2.45) is 0 Å². The number of amides is 3. The van der Waals surface area contributed by atoms with Crippen molar-refractivity contribution < 1.29 is 19.1 Å². The molecule has 8 heteroatoms. The zero-order chi connectivity index (χ0) is 21.2. The maximum atomic E-state index is 12.3. The fraction of sp³-hybridized carbons (Fsp3) is 0.286. The molecule has 0 unspecified atom stereocenters. The number of nitrogens with one attached hydrogen (secondary N) is 3. The summed E-state index contributed by atoms with van der Waals surface area (Å²) in [4.78, 5) is 37.8. The van der Waals surface area contributed by atoms with E-state index in [2.05, 4.69) is 16.0 Å². The molecule has 0 saturated heterocycles. The quantitative estimate of drug-likeness (QED) is 0.600. The number of nitrogens with zero attached hydrogens (tertiary/aromatic N) is 1. The topological polar surface area (TPSA) is 99.8 Å². The average molecular weight is 398 g/mol. The van der Waals surface area contributed by atoms with Gasteiger partial charge in [0.05, 0.1) is 20.2 Å². The van der Waals surface area contributed by atoms with Gasteiger partial charge in [-0.15, -0.1) is 0 Å². The van der Waals surface area contributed by atoms with Crippen molar-refractivity contribution in [2.45, 2.75) is 6.92 Å². The van der Waals surface area contributed by atoms with Crippen LogP contribution in [-0.4, -0.2) is 56.4 Å². The van der Waals surface area contributed by atoms with E-state index in [1.54, 1.807) is 67.6 Å². The van der Waals surface area contributed by atoms with Crippen LogP contribution in [0.3, 0.4) is 0 Å². The molecule has 29 heavy (non-hydrogen) atoms. The van der Waals surface area contributed by atoms with Gasteiger partial charge in [-0.25, -0.2) is 0 Å². The molecule has 0 aliphatic carbocycles. The van der Waals surface area contributed by atoms with Gasteiger partial charge in [-0.3, -0.25) is 19.3 Å². The molecule has 0 aromatic heterocycles. The Hall–Kier alpha value is -3.39. The minimum atomic E-state index is -0.239. The van der Waals surface area contributed by atoms with E-state index in [0.717, 1.165) is 0 Å². The molecule has 0 fully saturated rings. The summed E-state index contributed by atoms with van der Waals surface area (Å²) in [6.45, 7) is 2.58. The lowest BCUT2D eigenvalue weighted by Gasteiger charge is -2.19. The second-order valence-corrected chi connectivity index (χ2v) is 6.28. The van der Waals surface area contributed by atoms with E-state index >= 15 is 0 Å². The van der Waals surface area contributed by atoms with Gasteiger partial charge in [0.1, 0.15) is 5.75 Å². The number of benzene rings is 2. The summed E-state index contributed by atoms with van der Waals surface area (Å²) >= 11 is 0. The minimum Gasteiger partial charge on any atom is -0.497 e. The molecule has 0 aliphatic heterocycles. The van der Waals surface area contributed by atoms with Crippen molar-refractivity contribution in [1.29, 1.82) is 0 Å². The second-order valence-electron chi connectivity index (χ2n) is 6.28. The van der Waals surface area contributed by atoms with Crippen LogP contribution in [0.4, 0.5) is 11.4 Å². The lowest BCUT2D eigenvalue weighted by molar-refractivity contribution is -0.119. The molecule has 0 radical (unpaired) electrons. The van der Waals surface area contributed by atoms with Crippen LogP contribution in [0.15, 0.2) is 48.5 Å². The van der Waals surface area contributed by atoms with Crippen molar-refractivity contribution in [3.63, 3.8) is 0 Å². The van der Waals surface area contributed by atoms with Gasteiger partial charge in [0.15, 0.2) is 0 Å². The lowest BCUT2D eigenvalue weighted by Crippen LogP contribution is -2.38. The molecule has 0 heterocycles. The molecule has 0 aliphatic rings. The number of hydrogen-bond acceptors (Lipinski definition) is 5. The number of carbonyl (C=O) groups excluding carboxylic acids is 3. The molecular formula is C21H26N4O4. The summed E-state index contributed by atoms with van der Waals surface area (Å²) in [6.07, 6.45) is 0. The van der Waals surface area contributed by atoms with Crippen molar-refractivity contribution in [3.05, 3.63) is 54.1 Å². The molecule has 3 amide bonds. The van der Waals surface area contributed by atoms with E-state index in [9.17, 15) is 14.4 Å². The van der Waals surface area contributed by atoms with Crippen LogP contribution >= 0.6 is 0 Å². The third-order valence-electron chi connectivity index (χ3n) is 4.21. The zero-order valence-corrected chi connectivity index (χ0v) is 16.8. The Morgan fingerprint density at radius 3 is 1.76 bits per heavy atom. The van der Waals surface area contributed by atoms with Gasteiger partial charge in [0.25, 0.3) is 5.91 Å². The summed E-state index contributed by atoms with van der Waals surface area (Å²) < 4.78 is 5.09. The molecule has 154 valence electrons. The predicted molar refractivity (Wildman–Crippen MR) is 112 cm³/mol. The van der Waals surface area contributed by atoms with Crippen molar-refractivity contribution in [3.8, 4) is 5.75 Å². The fourth-order valence-corrected chi connectivity index (χ4v) is 2.61. The number of rotatable bonds is 9. The number of anilines is 2. The van der Waals surface area contributed by atoms with Gasteiger partial charge in [0, 0.05) is 24.0 Å². The van der Waals surface area contributed by atoms with Crippen LogP contribution in [0.2, 0.25) is 0 Å². The summed E-state index contributed by atoms with van der Waals surface area (Å²) in [5, 5.41) is 8.11. The third kappa shape index (κ3) is 6.93. The summed E-state index contributed by atoms with van der Waals surface area (Å²) in [7, 11) is 3.14. The van der Waals surface area contributed by atoms with Crippen LogP contribution in [0, 0.1) is 0 Å². The summed E-state index contributed by atoms with van der Waals surface area (Å²) in [5.41, 5.74) is 1.75. The Kier molecular flexibility index (Phi) is 8.17. The number of hydrogen-bond donors (Lipinski definition) is 3. The van der Waals surface area contributed by atoms with Gasteiger partial charge in [-0.1, -0.05) is 6.92 Å². The average Bonchev–Trinajstić information content (AvgIpc) is 2.73. The Bertz CT molecular complexity index is 835. The monoisotopic (exact) mass is 398 g/mol. The fourth-order valence-electron chi connectivity index (χ4n) is 2.61. The first-order valence-corrected chi connectivity index (χ1v) is 9.23. The predicted octanol–water partition coefficient (Wildman–Crippen LogP) is 1.95. The van der Waals surface area contributed by atoms with Crippen molar-refractivity contribution in [1.82, 2.24) is 10.2 Å². The second kappa shape index (κ2) is 10.8. The first-order valence-electron chi connectivity index (χ1n) is 9.23. The highest BCUT2D eigenvalue weighted by Gasteiger charge is 2.14. The molecule has 0 spiro atoms. The number of likely N-dealkylation sites (N-methyl/N-ethyl adjacent to an activating group) is 1. The van der Waals surface area contributed by atoms with Crippen LogP contribution < -0.4 is 20.7 Å².